The van der Waals surface area contributed by atoms with Crippen LogP contribution in [0, 0.1) is 0 Å². The second kappa shape index (κ2) is 6.33. The van der Waals surface area contributed by atoms with Gasteiger partial charge >= 0.3 is 12.1 Å². The quantitative estimate of drug-likeness (QED) is 0.707. The predicted octanol–water partition coefficient (Wildman–Crippen LogP) is 1.36. The maximum absolute atomic E-state index is 11.5. The van der Waals surface area contributed by atoms with E-state index in [1.165, 1.54) is 5.38 Å². The molecule has 1 aromatic heterocycles. The molecule has 0 aromatic carbocycles. The number of anilines is 1. The van der Waals surface area contributed by atoms with Gasteiger partial charge in [0.25, 0.3) is 0 Å². The van der Waals surface area contributed by atoms with Gasteiger partial charge in [-0.3, -0.25) is 10.1 Å². The van der Waals surface area contributed by atoms with Gasteiger partial charge in [0.2, 0.25) is 6.41 Å². The number of carboxylic acid groups (broad SMARTS) is 1. The van der Waals surface area contributed by atoms with E-state index in [0.717, 1.165) is 11.3 Å². The van der Waals surface area contributed by atoms with Crippen LogP contribution in [0.1, 0.15) is 32.5 Å². The van der Waals surface area contributed by atoms with E-state index in [0.29, 0.717) is 0 Å². The van der Waals surface area contributed by atoms with Crippen LogP contribution in [0.5, 0.6) is 0 Å². The zero-order chi connectivity index (χ0) is 15.3. The van der Waals surface area contributed by atoms with E-state index in [-0.39, 0.29) is 17.2 Å². The molecule has 0 aliphatic carbocycles. The molecule has 0 bridgehead atoms. The molecule has 0 saturated carbocycles. The Morgan fingerprint density at radius 2 is 2.15 bits per heavy atom. The van der Waals surface area contributed by atoms with Crippen molar-refractivity contribution in [3.05, 3.63) is 11.1 Å². The minimum absolute atomic E-state index is 0.126. The summed E-state index contributed by atoms with van der Waals surface area (Å²) in [5.74, 6) is -1.24. The fourth-order valence-corrected chi connectivity index (χ4v) is 1.94. The topological polar surface area (TPSA) is 118 Å². The first kappa shape index (κ1) is 15.9. The summed E-state index contributed by atoms with van der Waals surface area (Å²) in [5, 5.41) is 15.1. The van der Waals surface area contributed by atoms with Gasteiger partial charge < -0.3 is 15.2 Å². The molecule has 9 heteroatoms. The number of nitrogens with zero attached hydrogens (tertiary/aromatic N) is 1. The first-order valence-electron chi connectivity index (χ1n) is 5.61. The number of aliphatic carboxylic acids is 1. The van der Waals surface area contributed by atoms with E-state index >= 15 is 0 Å². The van der Waals surface area contributed by atoms with Gasteiger partial charge in [-0.25, -0.2) is 14.6 Å². The van der Waals surface area contributed by atoms with Crippen molar-refractivity contribution in [2.45, 2.75) is 32.4 Å². The first-order valence-corrected chi connectivity index (χ1v) is 6.49. The SMILES string of the molecule is CC(C)(C)OC(=O)Nc1nc(C(NC=O)C(=O)O)cs1. The van der Waals surface area contributed by atoms with E-state index in [2.05, 4.69) is 15.6 Å². The normalized spacial score (nSPS) is 12.3. The van der Waals surface area contributed by atoms with Crippen molar-refractivity contribution >= 4 is 34.9 Å². The van der Waals surface area contributed by atoms with E-state index in [1.807, 2.05) is 0 Å². The lowest BCUT2D eigenvalue weighted by Gasteiger charge is -2.18. The Hall–Kier alpha value is -2.16. The fraction of sp³-hybridized carbons (Fsp3) is 0.455. The highest BCUT2D eigenvalue weighted by Crippen LogP contribution is 2.21. The van der Waals surface area contributed by atoms with Crippen LogP contribution in [0.4, 0.5) is 9.93 Å². The Morgan fingerprint density at radius 1 is 1.50 bits per heavy atom. The molecule has 2 amide bonds. The van der Waals surface area contributed by atoms with E-state index in [1.54, 1.807) is 20.8 Å². The molecule has 0 fully saturated rings. The number of hydrogen-bond donors (Lipinski definition) is 3. The summed E-state index contributed by atoms with van der Waals surface area (Å²) in [7, 11) is 0. The number of ether oxygens (including phenoxy) is 1. The predicted molar refractivity (Wildman–Crippen MR) is 71.5 cm³/mol. The van der Waals surface area contributed by atoms with Crippen molar-refractivity contribution in [3.63, 3.8) is 0 Å². The first-order chi connectivity index (χ1) is 9.23. The Labute approximate surface area is 119 Å². The molecule has 0 aliphatic heterocycles. The summed E-state index contributed by atoms with van der Waals surface area (Å²) >= 11 is 1.03. The molecule has 20 heavy (non-hydrogen) atoms. The summed E-state index contributed by atoms with van der Waals surface area (Å²) in [5.41, 5.74) is -0.520. The van der Waals surface area contributed by atoms with Crippen molar-refractivity contribution in [1.82, 2.24) is 10.3 Å². The van der Waals surface area contributed by atoms with Crippen molar-refractivity contribution < 1.29 is 24.2 Å². The monoisotopic (exact) mass is 301 g/mol. The average Bonchev–Trinajstić information content (AvgIpc) is 2.70. The number of carbonyl (C=O) groups is 3. The molecule has 1 unspecified atom stereocenters. The second-order valence-electron chi connectivity index (χ2n) is 4.76. The van der Waals surface area contributed by atoms with E-state index < -0.39 is 23.7 Å². The minimum Gasteiger partial charge on any atom is -0.479 e. The van der Waals surface area contributed by atoms with Crippen LogP contribution in [0.15, 0.2) is 5.38 Å². The highest BCUT2D eigenvalue weighted by atomic mass is 32.1. The summed E-state index contributed by atoms with van der Waals surface area (Å²) in [6.45, 7) is 5.15. The molecule has 8 nitrogen and oxygen atoms in total. The van der Waals surface area contributed by atoms with Crippen LogP contribution in [0.2, 0.25) is 0 Å². The van der Waals surface area contributed by atoms with Crippen molar-refractivity contribution in [3.8, 4) is 0 Å². The molecular weight excluding hydrogens is 286 g/mol. The lowest BCUT2D eigenvalue weighted by molar-refractivity contribution is -0.140. The Kier molecular flexibility index (Phi) is 5.03. The molecule has 0 radical (unpaired) electrons. The van der Waals surface area contributed by atoms with Gasteiger partial charge in [0, 0.05) is 5.38 Å². The Balaban J connectivity index is 2.74. The van der Waals surface area contributed by atoms with Gasteiger partial charge in [0.1, 0.15) is 5.60 Å². The van der Waals surface area contributed by atoms with Gasteiger partial charge in [-0.05, 0) is 20.8 Å². The zero-order valence-electron chi connectivity index (χ0n) is 11.2. The average molecular weight is 301 g/mol. The summed E-state index contributed by atoms with van der Waals surface area (Å²) < 4.78 is 5.03. The van der Waals surface area contributed by atoms with Crippen LogP contribution >= 0.6 is 11.3 Å². The summed E-state index contributed by atoms with van der Waals surface area (Å²) in [6, 6.07) is -1.25. The maximum atomic E-state index is 11.5. The number of nitrogens with one attached hydrogen (secondary N) is 2. The third-order valence-corrected chi connectivity index (χ3v) is 2.68. The number of amides is 2. The molecule has 1 aromatic rings. The molecule has 1 heterocycles. The summed E-state index contributed by atoms with van der Waals surface area (Å²) in [6.07, 6.45) is -0.410. The van der Waals surface area contributed by atoms with Crippen LogP contribution in [-0.4, -0.2) is 34.2 Å². The van der Waals surface area contributed by atoms with Gasteiger partial charge in [0.05, 0.1) is 5.69 Å². The molecule has 0 aliphatic rings. The van der Waals surface area contributed by atoms with Crippen molar-refractivity contribution in [1.29, 1.82) is 0 Å². The van der Waals surface area contributed by atoms with Crippen LogP contribution in [0.25, 0.3) is 0 Å². The number of carbonyl (C=O) groups excluding carboxylic acids is 2. The third kappa shape index (κ3) is 4.84. The fourth-order valence-electron chi connectivity index (χ4n) is 1.22. The zero-order valence-corrected chi connectivity index (χ0v) is 12.0. The smallest absolute Gasteiger partial charge is 0.413 e. The number of hydrogen-bond acceptors (Lipinski definition) is 6. The molecular formula is C11H15N3O5S. The van der Waals surface area contributed by atoms with Crippen molar-refractivity contribution in [2.75, 3.05) is 5.32 Å². The molecule has 1 rings (SSSR count). The largest absolute Gasteiger partial charge is 0.479 e. The second-order valence-corrected chi connectivity index (χ2v) is 5.62. The van der Waals surface area contributed by atoms with Crippen LogP contribution in [0.3, 0.4) is 0 Å². The number of carboxylic acids is 1. The highest BCUT2D eigenvalue weighted by molar-refractivity contribution is 7.13. The highest BCUT2D eigenvalue weighted by Gasteiger charge is 2.23. The molecule has 110 valence electrons. The van der Waals surface area contributed by atoms with Crippen LogP contribution < -0.4 is 10.6 Å². The van der Waals surface area contributed by atoms with Gasteiger partial charge in [0.15, 0.2) is 11.2 Å². The van der Waals surface area contributed by atoms with Crippen molar-refractivity contribution in [2.24, 2.45) is 0 Å². The number of rotatable bonds is 5. The number of aromatic nitrogens is 1. The molecule has 3 N–H and O–H groups in total. The standard InChI is InChI=1S/C11H15N3O5S/c1-11(2,3)19-10(18)14-9-13-6(4-20-9)7(8(16)17)12-5-15/h4-5,7H,1-3H3,(H,12,15)(H,16,17)(H,13,14,18). The van der Waals surface area contributed by atoms with Gasteiger partial charge in [-0.15, -0.1) is 11.3 Å². The maximum Gasteiger partial charge on any atom is 0.413 e. The minimum atomic E-state index is -1.25. The summed E-state index contributed by atoms with van der Waals surface area (Å²) in [4.78, 5) is 36.7. The van der Waals surface area contributed by atoms with Crippen LogP contribution in [-0.2, 0) is 14.3 Å². The molecule has 0 saturated heterocycles. The van der Waals surface area contributed by atoms with Gasteiger partial charge in [-0.1, -0.05) is 0 Å². The lowest BCUT2D eigenvalue weighted by atomic mass is 10.2. The van der Waals surface area contributed by atoms with Gasteiger partial charge in [-0.2, -0.15) is 0 Å². The Bertz CT molecular complexity index is 508. The molecule has 0 spiro atoms. The third-order valence-electron chi connectivity index (χ3n) is 1.91. The van der Waals surface area contributed by atoms with E-state index in [4.69, 9.17) is 9.84 Å². The number of thiazole rings is 1. The Morgan fingerprint density at radius 3 is 2.65 bits per heavy atom. The lowest BCUT2D eigenvalue weighted by Crippen LogP contribution is -2.28. The van der Waals surface area contributed by atoms with E-state index in [9.17, 15) is 14.4 Å². The molecule has 1 atom stereocenters.